The van der Waals surface area contributed by atoms with E-state index in [4.69, 9.17) is 0 Å². The topological polar surface area (TPSA) is 71.8 Å². The molecular weight excluding hydrogens is 346 g/mol. The Kier molecular flexibility index (Phi) is 5.49. The molecule has 1 unspecified atom stereocenters. The Morgan fingerprint density at radius 3 is 2.81 bits per heavy atom. The summed E-state index contributed by atoms with van der Waals surface area (Å²) in [5.41, 5.74) is 4.26. The number of rotatable bonds is 6. The molecule has 2 N–H and O–H groups in total. The van der Waals surface area contributed by atoms with E-state index in [9.17, 15) is 4.79 Å². The lowest BCUT2D eigenvalue weighted by atomic mass is 10.1. The SMILES string of the molecule is CNC(C(=O)Nc1nc(C)c(Cc2cccc(C)c2)s1)c1cnn(C)c1. The summed E-state index contributed by atoms with van der Waals surface area (Å²) in [6.45, 7) is 4.07. The third-order valence-corrected chi connectivity index (χ3v) is 5.25. The highest BCUT2D eigenvalue weighted by atomic mass is 32.1. The Morgan fingerprint density at radius 2 is 2.15 bits per heavy atom. The van der Waals surface area contributed by atoms with E-state index >= 15 is 0 Å². The molecule has 2 aromatic heterocycles. The molecule has 1 aromatic carbocycles. The molecule has 0 bridgehead atoms. The van der Waals surface area contributed by atoms with Crippen LogP contribution in [0.25, 0.3) is 0 Å². The number of carbonyl (C=O) groups excluding carboxylic acids is 1. The van der Waals surface area contributed by atoms with Crippen molar-refractivity contribution in [1.82, 2.24) is 20.1 Å². The van der Waals surface area contributed by atoms with Gasteiger partial charge in [-0.05, 0) is 26.5 Å². The Bertz CT molecular complexity index is 914. The number of nitrogens with one attached hydrogen (secondary N) is 2. The van der Waals surface area contributed by atoms with Gasteiger partial charge in [0.1, 0.15) is 6.04 Å². The summed E-state index contributed by atoms with van der Waals surface area (Å²) in [5, 5.41) is 10.7. The normalized spacial score (nSPS) is 12.2. The van der Waals surface area contributed by atoms with Gasteiger partial charge in [0, 0.05) is 30.1 Å². The van der Waals surface area contributed by atoms with Crippen LogP contribution in [0.5, 0.6) is 0 Å². The quantitative estimate of drug-likeness (QED) is 0.701. The maximum absolute atomic E-state index is 12.6. The Labute approximate surface area is 157 Å². The number of carbonyl (C=O) groups is 1. The minimum Gasteiger partial charge on any atom is -0.305 e. The first-order chi connectivity index (χ1) is 12.5. The monoisotopic (exact) mass is 369 g/mol. The Morgan fingerprint density at radius 1 is 1.35 bits per heavy atom. The van der Waals surface area contributed by atoms with Gasteiger partial charge in [-0.15, -0.1) is 11.3 Å². The molecule has 3 aromatic rings. The van der Waals surface area contributed by atoms with Crippen LogP contribution in [0.4, 0.5) is 5.13 Å². The van der Waals surface area contributed by atoms with Crippen LogP contribution in [0, 0.1) is 13.8 Å². The van der Waals surface area contributed by atoms with Crippen LogP contribution in [-0.2, 0) is 18.3 Å². The molecule has 3 rings (SSSR count). The minimum atomic E-state index is -0.465. The average Bonchev–Trinajstić information content (AvgIpc) is 3.14. The van der Waals surface area contributed by atoms with E-state index in [-0.39, 0.29) is 5.91 Å². The van der Waals surface area contributed by atoms with E-state index in [1.807, 2.05) is 20.2 Å². The molecule has 7 heteroatoms. The lowest BCUT2D eigenvalue weighted by molar-refractivity contribution is -0.118. The fourth-order valence-electron chi connectivity index (χ4n) is 2.87. The number of aryl methyl sites for hydroxylation is 3. The predicted octanol–water partition coefficient (Wildman–Crippen LogP) is 2.98. The zero-order chi connectivity index (χ0) is 18.7. The predicted molar refractivity (Wildman–Crippen MR) is 104 cm³/mol. The van der Waals surface area contributed by atoms with Crippen molar-refractivity contribution in [2.75, 3.05) is 12.4 Å². The zero-order valence-corrected chi connectivity index (χ0v) is 16.2. The molecule has 0 radical (unpaired) electrons. The van der Waals surface area contributed by atoms with Crippen molar-refractivity contribution in [3.8, 4) is 0 Å². The van der Waals surface area contributed by atoms with E-state index in [1.54, 1.807) is 17.9 Å². The van der Waals surface area contributed by atoms with Crippen molar-refractivity contribution in [2.24, 2.45) is 7.05 Å². The van der Waals surface area contributed by atoms with E-state index in [1.165, 1.54) is 22.5 Å². The van der Waals surface area contributed by atoms with Gasteiger partial charge in [-0.2, -0.15) is 5.10 Å². The number of hydrogen-bond acceptors (Lipinski definition) is 5. The Hall–Kier alpha value is -2.51. The maximum Gasteiger partial charge on any atom is 0.247 e. The number of hydrogen-bond donors (Lipinski definition) is 2. The van der Waals surface area contributed by atoms with Crippen molar-refractivity contribution in [3.05, 3.63) is 63.9 Å². The van der Waals surface area contributed by atoms with Crippen LogP contribution in [-0.4, -0.2) is 27.7 Å². The van der Waals surface area contributed by atoms with Gasteiger partial charge in [-0.25, -0.2) is 4.98 Å². The number of thiazole rings is 1. The highest BCUT2D eigenvalue weighted by Gasteiger charge is 2.21. The lowest BCUT2D eigenvalue weighted by Gasteiger charge is -2.12. The van der Waals surface area contributed by atoms with Gasteiger partial charge in [0.15, 0.2) is 5.13 Å². The summed E-state index contributed by atoms with van der Waals surface area (Å²) in [7, 11) is 3.59. The van der Waals surface area contributed by atoms with Gasteiger partial charge in [-0.3, -0.25) is 9.48 Å². The molecule has 0 fully saturated rings. The van der Waals surface area contributed by atoms with Crippen molar-refractivity contribution in [1.29, 1.82) is 0 Å². The number of amides is 1. The molecule has 2 heterocycles. The summed E-state index contributed by atoms with van der Waals surface area (Å²) < 4.78 is 1.68. The molecule has 136 valence electrons. The van der Waals surface area contributed by atoms with Crippen LogP contribution in [0.15, 0.2) is 36.7 Å². The summed E-state index contributed by atoms with van der Waals surface area (Å²) in [6, 6.07) is 7.98. The summed E-state index contributed by atoms with van der Waals surface area (Å²) in [6.07, 6.45) is 4.34. The van der Waals surface area contributed by atoms with Gasteiger partial charge in [-0.1, -0.05) is 29.8 Å². The largest absolute Gasteiger partial charge is 0.305 e. The van der Waals surface area contributed by atoms with Gasteiger partial charge in [0.2, 0.25) is 5.91 Å². The highest BCUT2D eigenvalue weighted by Crippen LogP contribution is 2.26. The fourth-order valence-corrected chi connectivity index (χ4v) is 3.87. The van der Waals surface area contributed by atoms with Crippen molar-refractivity contribution >= 4 is 22.4 Å². The molecule has 1 amide bonds. The standard InChI is InChI=1S/C19H23N5OS/c1-12-6-5-7-14(8-12)9-16-13(2)22-19(26-16)23-18(25)17(20-3)15-10-21-24(4)11-15/h5-8,10-11,17,20H,9H2,1-4H3,(H,22,23,25). The molecule has 0 aliphatic carbocycles. The van der Waals surface area contributed by atoms with E-state index in [0.717, 1.165) is 22.6 Å². The number of aromatic nitrogens is 3. The second kappa shape index (κ2) is 7.80. The van der Waals surface area contributed by atoms with Crippen molar-refractivity contribution in [2.45, 2.75) is 26.3 Å². The molecule has 0 aliphatic heterocycles. The maximum atomic E-state index is 12.6. The number of likely N-dealkylation sites (N-methyl/N-ethyl adjacent to an activating group) is 1. The van der Waals surface area contributed by atoms with Crippen LogP contribution >= 0.6 is 11.3 Å². The molecule has 0 spiro atoms. The molecule has 26 heavy (non-hydrogen) atoms. The van der Waals surface area contributed by atoms with E-state index in [0.29, 0.717) is 5.13 Å². The molecule has 0 saturated heterocycles. The van der Waals surface area contributed by atoms with Gasteiger partial charge >= 0.3 is 0 Å². The summed E-state index contributed by atoms with van der Waals surface area (Å²) >= 11 is 1.53. The first-order valence-electron chi connectivity index (χ1n) is 8.45. The average molecular weight is 369 g/mol. The molecule has 0 saturated carbocycles. The third kappa shape index (κ3) is 4.17. The molecule has 0 aliphatic rings. The summed E-state index contributed by atoms with van der Waals surface area (Å²) in [5.74, 6) is -0.142. The van der Waals surface area contributed by atoms with Gasteiger partial charge < -0.3 is 10.6 Å². The second-order valence-corrected chi connectivity index (χ2v) is 7.44. The van der Waals surface area contributed by atoms with Crippen LogP contribution in [0.1, 0.15) is 33.3 Å². The summed E-state index contributed by atoms with van der Waals surface area (Å²) in [4.78, 5) is 18.3. The van der Waals surface area contributed by atoms with Crippen LogP contribution < -0.4 is 10.6 Å². The lowest BCUT2D eigenvalue weighted by Crippen LogP contribution is -2.30. The van der Waals surface area contributed by atoms with Gasteiger partial charge in [0.05, 0.1) is 11.9 Å². The number of anilines is 1. The van der Waals surface area contributed by atoms with Crippen LogP contribution in [0.3, 0.4) is 0 Å². The van der Waals surface area contributed by atoms with E-state index < -0.39 is 6.04 Å². The smallest absolute Gasteiger partial charge is 0.247 e. The second-order valence-electron chi connectivity index (χ2n) is 6.35. The van der Waals surface area contributed by atoms with Crippen molar-refractivity contribution < 1.29 is 4.79 Å². The fraction of sp³-hybridized carbons (Fsp3) is 0.316. The molecule has 1 atom stereocenters. The third-order valence-electron chi connectivity index (χ3n) is 4.18. The molecular formula is C19H23N5OS. The minimum absolute atomic E-state index is 0.142. The Balaban J connectivity index is 1.73. The number of nitrogens with zero attached hydrogens (tertiary/aromatic N) is 3. The van der Waals surface area contributed by atoms with E-state index in [2.05, 4.69) is 51.9 Å². The molecule has 6 nitrogen and oxygen atoms in total. The van der Waals surface area contributed by atoms with Crippen molar-refractivity contribution in [3.63, 3.8) is 0 Å². The zero-order valence-electron chi connectivity index (χ0n) is 15.4. The van der Waals surface area contributed by atoms with Gasteiger partial charge in [0.25, 0.3) is 0 Å². The number of benzene rings is 1. The first kappa shape index (κ1) is 18.3. The van der Waals surface area contributed by atoms with Crippen LogP contribution in [0.2, 0.25) is 0 Å². The first-order valence-corrected chi connectivity index (χ1v) is 9.26. The highest BCUT2D eigenvalue weighted by molar-refractivity contribution is 7.15.